The number of rotatable bonds is 4. The van der Waals surface area contributed by atoms with E-state index in [2.05, 4.69) is 56.5 Å². The van der Waals surface area contributed by atoms with Crippen LogP contribution in [-0.4, -0.2) is 48.3 Å². The van der Waals surface area contributed by atoms with Crippen LogP contribution in [0.1, 0.15) is 18.4 Å². The normalized spacial score (nSPS) is 19.5. The molecular formula is C21H25N5O. The van der Waals surface area contributed by atoms with E-state index in [0.717, 1.165) is 23.7 Å². The van der Waals surface area contributed by atoms with Gasteiger partial charge in [0.15, 0.2) is 5.82 Å². The van der Waals surface area contributed by atoms with E-state index in [-0.39, 0.29) is 0 Å². The number of nitrogens with zero attached hydrogens (tertiary/aromatic N) is 3. The fraction of sp³-hybridized carbons (Fsp3) is 0.381. The third-order valence-electron chi connectivity index (χ3n) is 5.96. The van der Waals surface area contributed by atoms with Crippen LogP contribution in [0.15, 0.2) is 36.7 Å². The fourth-order valence-corrected chi connectivity index (χ4v) is 4.35. The third-order valence-corrected chi connectivity index (χ3v) is 5.96. The topological polar surface area (TPSA) is 56.4 Å². The monoisotopic (exact) mass is 363 g/mol. The lowest BCUT2D eigenvalue weighted by atomic mass is 10.0. The molecule has 0 saturated carbocycles. The number of likely N-dealkylation sites (tertiary alicyclic amines) is 1. The first-order valence-electron chi connectivity index (χ1n) is 9.58. The number of ether oxygens (including phenoxy) is 1. The van der Waals surface area contributed by atoms with Crippen molar-refractivity contribution in [2.45, 2.75) is 25.3 Å². The third kappa shape index (κ3) is 2.80. The number of H-pyrrole nitrogens is 1. The molecule has 1 atom stereocenters. The van der Waals surface area contributed by atoms with Crippen molar-refractivity contribution < 1.29 is 4.74 Å². The molecule has 4 heterocycles. The number of hydrogen-bond acceptors (Lipinski definition) is 5. The maximum Gasteiger partial charge on any atom is 0.151 e. The first-order chi connectivity index (χ1) is 13.2. The van der Waals surface area contributed by atoms with E-state index >= 15 is 0 Å². The van der Waals surface area contributed by atoms with Gasteiger partial charge in [-0.25, -0.2) is 4.98 Å². The van der Waals surface area contributed by atoms with Crippen LogP contribution >= 0.6 is 0 Å². The van der Waals surface area contributed by atoms with E-state index in [0.29, 0.717) is 12.7 Å². The second kappa shape index (κ2) is 6.46. The van der Waals surface area contributed by atoms with E-state index in [1.807, 2.05) is 6.07 Å². The van der Waals surface area contributed by atoms with Gasteiger partial charge in [-0.15, -0.1) is 0 Å². The second-order valence-electron chi connectivity index (χ2n) is 7.53. The summed E-state index contributed by atoms with van der Waals surface area (Å²) < 4.78 is 5.36. The Kier molecular flexibility index (Phi) is 3.93. The van der Waals surface area contributed by atoms with Gasteiger partial charge in [0.2, 0.25) is 0 Å². The summed E-state index contributed by atoms with van der Waals surface area (Å²) in [4.78, 5) is 12.7. The van der Waals surface area contributed by atoms with Crippen LogP contribution < -0.4 is 15.0 Å². The van der Waals surface area contributed by atoms with Crippen molar-refractivity contribution in [2.75, 3.05) is 37.6 Å². The number of benzene rings is 1. The minimum absolute atomic E-state index is 0.648. The number of hydrogen-bond donors (Lipinski definition) is 2. The highest BCUT2D eigenvalue weighted by atomic mass is 16.5. The van der Waals surface area contributed by atoms with Crippen LogP contribution in [0.2, 0.25) is 0 Å². The summed E-state index contributed by atoms with van der Waals surface area (Å²) in [5, 5.41) is 4.68. The van der Waals surface area contributed by atoms with Crippen LogP contribution in [0, 0.1) is 0 Å². The van der Waals surface area contributed by atoms with Gasteiger partial charge in [-0.2, -0.15) is 0 Å². The number of nitrogens with one attached hydrogen (secondary N) is 2. The molecule has 2 aliphatic heterocycles. The Bertz CT molecular complexity index is 982. The number of fused-ring (bicyclic) bond motifs is 2. The Labute approximate surface area is 159 Å². The zero-order valence-corrected chi connectivity index (χ0v) is 15.8. The first-order valence-corrected chi connectivity index (χ1v) is 9.58. The van der Waals surface area contributed by atoms with Gasteiger partial charge in [0.25, 0.3) is 0 Å². The van der Waals surface area contributed by atoms with Crippen molar-refractivity contribution in [3.8, 4) is 5.75 Å². The Morgan fingerprint density at radius 2 is 2.22 bits per heavy atom. The quantitative estimate of drug-likeness (QED) is 0.740. The molecule has 0 aliphatic carbocycles. The maximum atomic E-state index is 5.36. The molecule has 0 amide bonds. The molecule has 1 saturated heterocycles. The Morgan fingerprint density at radius 1 is 1.30 bits per heavy atom. The van der Waals surface area contributed by atoms with Crippen molar-refractivity contribution in [3.05, 3.63) is 42.2 Å². The molecule has 1 aromatic carbocycles. The van der Waals surface area contributed by atoms with Crippen LogP contribution in [-0.2, 0) is 6.42 Å². The molecule has 0 radical (unpaired) electrons. The highest BCUT2D eigenvalue weighted by Gasteiger charge is 2.24. The summed E-state index contributed by atoms with van der Waals surface area (Å²) >= 11 is 0. The average Bonchev–Trinajstić information content (AvgIpc) is 3.40. The van der Waals surface area contributed by atoms with Gasteiger partial charge in [-0.3, -0.25) is 0 Å². The molecule has 0 bridgehead atoms. The van der Waals surface area contributed by atoms with Gasteiger partial charge in [0.1, 0.15) is 5.75 Å². The Balaban J connectivity index is 1.50. The first kappa shape index (κ1) is 16.4. The van der Waals surface area contributed by atoms with E-state index in [1.165, 1.54) is 41.5 Å². The predicted octanol–water partition coefficient (Wildman–Crippen LogP) is 3.73. The van der Waals surface area contributed by atoms with Crippen LogP contribution in [0.3, 0.4) is 0 Å². The molecule has 6 heteroatoms. The van der Waals surface area contributed by atoms with E-state index in [9.17, 15) is 0 Å². The lowest BCUT2D eigenvalue weighted by molar-refractivity contribution is 0.310. The molecule has 27 heavy (non-hydrogen) atoms. The standard InChI is InChI=1S/C21H25N5O/c1-25-7-3-4-15(25)8-14-11-22-19-6-5-16(9-18(14)19)26-13-24-21-20(26)10-17(27-2)12-23-21/h5-6,9-12,15,22H,3-4,7-8,13H2,1-2H3,(H,23,24). The van der Waals surface area contributed by atoms with Crippen molar-refractivity contribution in [1.82, 2.24) is 14.9 Å². The molecule has 2 N–H and O–H groups in total. The second-order valence-corrected chi connectivity index (χ2v) is 7.53. The molecule has 1 fully saturated rings. The largest absolute Gasteiger partial charge is 0.495 e. The average molecular weight is 363 g/mol. The molecule has 2 aliphatic rings. The molecular weight excluding hydrogens is 338 g/mol. The summed E-state index contributed by atoms with van der Waals surface area (Å²) in [5.74, 6) is 1.67. The van der Waals surface area contributed by atoms with Gasteiger partial charge >= 0.3 is 0 Å². The number of methoxy groups -OCH3 is 1. The van der Waals surface area contributed by atoms with Crippen LogP contribution in [0.25, 0.3) is 10.9 Å². The maximum absolute atomic E-state index is 5.36. The number of anilines is 3. The van der Waals surface area contributed by atoms with Gasteiger partial charge in [-0.1, -0.05) is 0 Å². The van der Waals surface area contributed by atoms with Gasteiger partial charge in [-0.05, 0) is 56.6 Å². The van der Waals surface area contributed by atoms with Gasteiger partial charge in [0.05, 0.1) is 25.7 Å². The zero-order valence-electron chi connectivity index (χ0n) is 15.8. The van der Waals surface area contributed by atoms with Crippen molar-refractivity contribution in [2.24, 2.45) is 0 Å². The van der Waals surface area contributed by atoms with Gasteiger partial charge < -0.3 is 24.8 Å². The minimum atomic E-state index is 0.648. The smallest absolute Gasteiger partial charge is 0.151 e. The van der Waals surface area contributed by atoms with Crippen LogP contribution in [0.5, 0.6) is 5.75 Å². The highest BCUT2D eigenvalue weighted by Crippen LogP contribution is 2.38. The van der Waals surface area contributed by atoms with E-state index in [4.69, 9.17) is 4.74 Å². The van der Waals surface area contributed by atoms with E-state index in [1.54, 1.807) is 13.3 Å². The lowest BCUT2D eigenvalue weighted by Crippen LogP contribution is -2.26. The highest BCUT2D eigenvalue weighted by molar-refractivity contribution is 5.89. The molecule has 5 rings (SSSR count). The number of likely N-dealkylation sites (N-methyl/N-ethyl adjacent to an activating group) is 1. The van der Waals surface area contributed by atoms with Crippen molar-refractivity contribution >= 4 is 28.1 Å². The molecule has 140 valence electrons. The number of aromatic amines is 1. The Hall–Kier alpha value is -2.73. The molecule has 0 spiro atoms. The summed E-state index contributed by atoms with van der Waals surface area (Å²) in [6, 6.07) is 9.33. The number of aromatic nitrogens is 2. The van der Waals surface area contributed by atoms with Crippen molar-refractivity contribution in [1.29, 1.82) is 0 Å². The molecule has 1 unspecified atom stereocenters. The predicted molar refractivity (Wildman–Crippen MR) is 109 cm³/mol. The SMILES string of the molecule is COc1cnc2c(c1)N(c1ccc3[nH]cc(CC4CCCN4C)c3c1)CN2. The van der Waals surface area contributed by atoms with E-state index < -0.39 is 0 Å². The summed E-state index contributed by atoms with van der Waals surface area (Å²) in [5.41, 5.74) is 4.83. The summed E-state index contributed by atoms with van der Waals surface area (Å²) in [6.07, 6.45) is 7.63. The van der Waals surface area contributed by atoms with Crippen LogP contribution in [0.4, 0.5) is 17.2 Å². The molecule has 2 aromatic heterocycles. The summed E-state index contributed by atoms with van der Waals surface area (Å²) in [6.45, 7) is 1.93. The Morgan fingerprint density at radius 3 is 3.04 bits per heavy atom. The molecule has 6 nitrogen and oxygen atoms in total. The minimum Gasteiger partial charge on any atom is -0.495 e. The van der Waals surface area contributed by atoms with Crippen molar-refractivity contribution in [3.63, 3.8) is 0 Å². The fourth-order valence-electron chi connectivity index (χ4n) is 4.35. The molecule has 3 aromatic rings. The zero-order chi connectivity index (χ0) is 18.4. The van der Waals surface area contributed by atoms with Gasteiger partial charge in [0, 0.05) is 34.9 Å². The summed E-state index contributed by atoms with van der Waals surface area (Å²) in [7, 11) is 3.92. The lowest BCUT2D eigenvalue weighted by Gasteiger charge is -2.20. The number of pyridine rings is 1.